The molecular formula is C8H5Cl2NO3. The van der Waals surface area contributed by atoms with E-state index < -0.39 is 4.92 Å². The molecule has 1 rings (SSSR count). The van der Waals surface area contributed by atoms with Gasteiger partial charge in [-0.1, -0.05) is 23.7 Å². The smallest absolute Gasteiger partial charge is 0.311 e. The average Bonchev–Trinajstić information content (AvgIpc) is 2.18. The Morgan fingerprint density at radius 1 is 1.50 bits per heavy atom. The number of hydrogen-bond acceptors (Lipinski definition) is 3. The van der Waals surface area contributed by atoms with Gasteiger partial charge in [0.2, 0.25) is 11.0 Å². The molecule has 0 saturated heterocycles. The van der Waals surface area contributed by atoms with Crippen LogP contribution >= 0.6 is 23.2 Å². The summed E-state index contributed by atoms with van der Waals surface area (Å²) in [4.78, 5) is 9.96. The zero-order chi connectivity index (χ0) is 10.6. The number of nitrogens with zero attached hydrogens (tertiary/aromatic N) is 1. The minimum atomic E-state index is -0.562. The largest absolute Gasteiger partial charge is 0.437 e. The Labute approximate surface area is 89.8 Å². The number of nitro groups is 1. The lowest BCUT2D eigenvalue weighted by Crippen LogP contribution is -1.94. The van der Waals surface area contributed by atoms with Crippen molar-refractivity contribution < 1.29 is 9.66 Å². The molecule has 14 heavy (non-hydrogen) atoms. The molecule has 6 heteroatoms. The summed E-state index contributed by atoms with van der Waals surface area (Å²) in [7, 11) is 0. The standard InChI is InChI=1S/C8H5Cl2NO3/c9-5-8(10)14-7-4-2-1-3-6(7)11(12)13/h1-5H/b8-5-. The summed E-state index contributed by atoms with van der Waals surface area (Å²) in [6.07, 6.45) is 0. The van der Waals surface area contributed by atoms with E-state index >= 15 is 0 Å². The van der Waals surface area contributed by atoms with Crippen LogP contribution in [0.25, 0.3) is 0 Å². The van der Waals surface area contributed by atoms with Crippen molar-refractivity contribution in [2.45, 2.75) is 0 Å². The Hall–Kier alpha value is -1.26. The molecule has 0 unspecified atom stereocenters. The first-order valence-corrected chi connectivity index (χ1v) is 4.33. The van der Waals surface area contributed by atoms with Gasteiger partial charge >= 0.3 is 5.69 Å². The molecule has 0 aliphatic heterocycles. The van der Waals surface area contributed by atoms with Crippen LogP contribution in [0.2, 0.25) is 0 Å². The molecule has 0 atom stereocenters. The van der Waals surface area contributed by atoms with Crippen LogP contribution in [0.5, 0.6) is 5.75 Å². The molecule has 4 nitrogen and oxygen atoms in total. The second kappa shape index (κ2) is 4.83. The molecule has 0 saturated carbocycles. The number of ether oxygens (including phenoxy) is 1. The molecular weight excluding hydrogens is 229 g/mol. The monoisotopic (exact) mass is 233 g/mol. The highest BCUT2D eigenvalue weighted by Gasteiger charge is 2.14. The highest BCUT2D eigenvalue weighted by molar-refractivity contribution is 6.35. The van der Waals surface area contributed by atoms with Crippen LogP contribution in [0, 0.1) is 10.1 Å². The number of nitro benzene ring substituents is 1. The summed E-state index contributed by atoms with van der Waals surface area (Å²) in [5.74, 6) is 0.0550. The Balaban J connectivity index is 3.02. The van der Waals surface area contributed by atoms with Gasteiger partial charge in [-0.2, -0.15) is 0 Å². The van der Waals surface area contributed by atoms with Crippen molar-refractivity contribution in [2.24, 2.45) is 0 Å². The minimum Gasteiger partial charge on any atom is -0.437 e. The first kappa shape index (κ1) is 10.8. The molecule has 0 aliphatic carbocycles. The van der Waals surface area contributed by atoms with Gasteiger partial charge in [-0.3, -0.25) is 10.1 Å². The van der Waals surface area contributed by atoms with Crippen molar-refractivity contribution in [1.82, 2.24) is 0 Å². The highest BCUT2D eigenvalue weighted by Crippen LogP contribution is 2.28. The molecule has 0 N–H and O–H groups in total. The lowest BCUT2D eigenvalue weighted by molar-refractivity contribution is -0.385. The van der Waals surface area contributed by atoms with Gasteiger partial charge in [-0.25, -0.2) is 0 Å². The molecule has 1 aromatic carbocycles. The number of rotatable bonds is 3. The topological polar surface area (TPSA) is 52.4 Å². The maximum atomic E-state index is 10.5. The van der Waals surface area contributed by atoms with E-state index in [1.807, 2.05) is 0 Å². The van der Waals surface area contributed by atoms with Crippen LogP contribution in [0.15, 0.2) is 35.0 Å². The van der Waals surface area contributed by atoms with Crippen molar-refractivity contribution in [3.05, 3.63) is 45.1 Å². The molecule has 0 bridgehead atoms. The lowest BCUT2D eigenvalue weighted by atomic mass is 10.3. The third kappa shape index (κ3) is 2.61. The Morgan fingerprint density at radius 2 is 2.14 bits per heavy atom. The van der Waals surface area contributed by atoms with E-state index in [0.29, 0.717) is 0 Å². The van der Waals surface area contributed by atoms with Crippen molar-refractivity contribution in [2.75, 3.05) is 0 Å². The van der Waals surface area contributed by atoms with Crippen molar-refractivity contribution >= 4 is 28.9 Å². The Kier molecular flexibility index (Phi) is 3.73. The summed E-state index contributed by atoms with van der Waals surface area (Å²) in [6, 6.07) is 5.87. The van der Waals surface area contributed by atoms with Gasteiger partial charge in [0.1, 0.15) is 0 Å². The van der Waals surface area contributed by atoms with Crippen LogP contribution < -0.4 is 4.74 Å². The predicted octanol–water partition coefficient (Wildman–Crippen LogP) is 3.25. The Bertz CT molecular complexity index is 379. The number of para-hydroxylation sites is 2. The van der Waals surface area contributed by atoms with Gasteiger partial charge in [0.05, 0.1) is 10.5 Å². The molecule has 0 spiro atoms. The van der Waals surface area contributed by atoms with Crippen LogP contribution in [0.4, 0.5) is 5.69 Å². The van der Waals surface area contributed by atoms with Gasteiger partial charge in [-0.15, -0.1) is 0 Å². The van der Waals surface area contributed by atoms with E-state index in [4.69, 9.17) is 27.9 Å². The van der Waals surface area contributed by atoms with Crippen molar-refractivity contribution in [3.63, 3.8) is 0 Å². The molecule has 0 radical (unpaired) electrons. The van der Waals surface area contributed by atoms with E-state index in [9.17, 15) is 10.1 Å². The van der Waals surface area contributed by atoms with Crippen molar-refractivity contribution in [3.8, 4) is 5.75 Å². The Morgan fingerprint density at radius 3 is 2.71 bits per heavy atom. The molecule has 0 fully saturated rings. The second-order valence-electron chi connectivity index (χ2n) is 2.24. The fourth-order valence-electron chi connectivity index (χ4n) is 0.822. The predicted molar refractivity (Wildman–Crippen MR) is 53.5 cm³/mol. The van der Waals surface area contributed by atoms with Crippen molar-refractivity contribution in [1.29, 1.82) is 0 Å². The number of halogens is 2. The summed E-state index contributed by atoms with van der Waals surface area (Å²) in [5, 5.41) is 10.4. The van der Waals surface area contributed by atoms with E-state index in [0.717, 1.165) is 5.54 Å². The quantitative estimate of drug-likeness (QED) is 0.458. The average molecular weight is 234 g/mol. The third-order valence-corrected chi connectivity index (χ3v) is 1.85. The second-order valence-corrected chi connectivity index (χ2v) is 2.83. The molecule has 0 heterocycles. The molecule has 0 aromatic heterocycles. The summed E-state index contributed by atoms with van der Waals surface area (Å²) in [6.45, 7) is 0. The third-order valence-electron chi connectivity index (χ3n) is 1.36. The van der Waals surface area contributed by atoms with E-state index in [-0.39, 0.29) is 16.7 Å². The number of benzene rings is 1. The van der Waals surface area contributed by atoms with E-state index in [2.05, 4.69) is 0 Å². The minimum absolute atomic E-state index is 0.0550. The summed E-state index contributed by atoms with van der Waals surface area (Å²) < 4.78 is 4.91. The van der Waals surface area contributed by atoms with Gasteiger partial charge in [0, 0.05) is 6.07 Å². The summed E-state index contributed by atoms with van der Waals surface area (Å²) >= 11 is 10.7. The SMILES string of the molecule is O=[N+]([O-])c1ccccc1O/C(Cl)=C\Cl. The molecule has 0 amide bonds. The van der Waals surface area contributed by atoms with Crippen LogP contribution in [0.1, 0.15) is 0 Å². The van der Waals surface area contributed by atoms with Crippen LogP contribution in [-0.2, 0) is 0 Å². The van der Waals surface area contributed by atoms with Crippen LogP contribution in [0.3, 0.4) is 0 Å². The maximum absolute atomic E-state index is 10.5. The van der Waals surface area contributed by atoms with Crippen LogP contribution in [-0.4, -0.2) is 4.92 Å². The van der Waals surface area contributed by atoms with Gasteiger partial charge in [0.25, 0.3) is 0 Å². The van der Waals surface area contributed by atoms with Gasteiger partial charge < -0.3 is 4.74 Å². The number of hydrogen-bond donors (Lipinski definition) is 0. The molecule has 74 valence electrons. The first-order valence-electron chi connectivity index (χ1n) is 3.52. The zero-order valence-electron chi connectivity index (χ0n) is 6.81. The maximum Gasteiger partial charge on any atom is 0.311 e. The lowest BCUT2D eigenvalue weighted by Gasteiger charge is -2.02. The fraction of sp³-hybridized carbons (Fsp3) is 0. The van der Waals surface area contributed by atoms with Gasteiger partial charge in [0.15, 0.2) is 0 Å². The summed E-state index contributed by atoms with van der Waals surface area (Å²) in [5.41, 5.74) is 0.822. The molecule has 1 aromatic rings. The molecule has 0 aliphatic rings. The van der Waals surface area contributed by atoms with E-state index in [1.165, 1.54) is 18.2 Å². The zero-order valence-corrected chi connectivity index (χ0v) is 8.33. The first-order chi connectivity index (χ1) is 6.65. The van der Waals surface area contributed by atoms with Gasteiger partial charge in [-0.05, 0) is 17.7 Å². The fourth-order valence-corrected chi connectivity index (χ4v) is 0.949. The highest BCUT2D eigenvalue weighted by atomic mass is 35.5. The normalized spacial score (nSPS) is 11.1. The van der Waals surface area contributed by atoms with E-state index in [1.54, 1.807) is 6.07 Å².